The van der Waals surface area contributed by atoms with Gasteiger partial charge in [0.05, 0.1) is 11.5 Å². The van der Waals surface area contributed by atoms with Crippen molar-refractivity contribution in [1.82, 2.24) is 20.2 Å². The van der Waals surface area contributed by atoms with Crippen molar-refractivity contribution in [1.29, 1.82) is 0 Å². The maximum absolute atomic E-state index is 14.0. The van der Waals surface area contributed by atoms with E-state index in [9.17, 15) is 36.6 Å². The van der Waals surface area contributed by atoms with E-state index in [1.807, 2.05) is 5.32 Å². The van der Waals surface area contributed by atoms with Crippen LogP contribution in [0.15, 0.2) is 12.3 Å². The third-order valence-electron chi connectivity index (χ3n) is 6.25. The van der Waals surface area contributed by atoms with Crippen LogP contribution >= 0.6 is 11.3 Å². The minimum absolute atomic E-state index is 0.00498. The minimum Gasteiger partial charge on any atom is -0.394 e. The smallest absolute Gasteiger partial charge is 0.394 e. The third kappa shape index (κ3) is 5.43. The fourth-order valence-corrected chi connectivity index (χ4v) is 5.56. The molecule has 2 aliphatic rings. The maximum atomic E-state index is 14.0. The van der Waals surface area contributed by atoms with E-state index in [1.54, 1.807) is 11.8 Å². The van der Waals surface area contributed by atoms with Gasteiger partial charge in [0, 0.05) is 35.4 Å². The van der Waals surface area contributed by atoms with Gasteiger partial charge in [-0.25, -0.2) is 18.7 Å². The second kappa shape index (κ2) is 10.2. The molecule has 2 aromatic heterocycles. The number of thiazole rings is 1. The zero-order valence-electron chi connectivity index (χ0n) is 19.1. The van der Waals surface area contributed by atoms with Crippen LogP contribution in [0.4, 0.5) is 27.8 Å². The highest BCUT2D eigenvalue weighted by Gasteiger charge is 2.44. The summed E-state index contributed by atoms with van der Waals surface area (Å²) in [6.07, 6.45) is -3.44. The lowest BCUT2D eigenvalue weighted by atomic mass is 10.0. The van der Waals surface area contributed by atoms with Gasteiger partial charge in [0.25, 0.3) is 18.2 Å². The van der Waals surface area contributed by atoms with Crippen LogP contribution in [0.3, 0.4) is 0 Å². The Balaban J connectivity index is 1.76. The summed E-state index contributed by atoms with van der Waals surface area (Å²) >= 11 is 0.712. The quantitative estimate of drug-likeness (QED) is 0.443. The zero-order valence-corrected chi connectivity index (χ0v) is 19.9. The molecular weight excluding hydrogens is 509 g/mol. The van der Waals surface area contributed by atoms with Crippen molar-refractivity contribution in [2.24, 2.45) is 0 Å². The van der Waals surface area contributed by atoms with Crippen LogP contribution < -0.4 is 10.6 Å². The first-order chi connectivity index (χ1) is 17.0. The summed E-state index contributed by atoms with van der Waals surface area (Å²) < 4.78 is 65.7. The van der Waals surface area contributed by atoms with Crippen LogP contribution in [0, 0.1) is 0 Å². The molecule has 0 spiro atoms. The molecule has 1 unspecified atom stereocenters. The SMILES string of the molecule is CC(CO)NC(=O)c1nc(C(=O)N2C3CCC2CC3)c(-c2cnc(NCC(F)(F)F)cc2C(F)F)s1. The Morgan fingerprint density at radius 2 is 1.86 bits per heavy atom. The summed E-state index contributed by atoms with van der Waals surface area (Å²) in [5.74, 6) is -1.59. The van der Waals surface area contributed by atoms with Gasteiger partial charge >= 0.3 is 6.18 Å². The molecule has 4 heterocycles. The van der Waals surface area contributed by atoms with Crippen molar-refractivity contribution >= 4 is 29.0 Å². The number of nitrogens with one attached hydrogen (secondary N) is 2. The fourth-order valence-electron chi connectivity index (χ4n) is 4.57. The molecule has 2 saturated heterocycles. The van der Waals surface area contributed by atoms with Crippen molar-refractivity contribution < 1.29 is 36.6 Å². The first kappa shape index (κ1) is 26.2. The predicted octanol–water partition coefficient (Wildman–Crippen LogP) is 3.99. The molecule has 0 radical (unpaired) electrons. The van der Waals surface area contributed by atoms with Crippen LogP contribution in [-0.2, 0) is 0 Å². The molecule has 2 aliphatic heterocycles. The first-order valence-corrected chi connectivity index (χ1v) is 12.1. The summed E-state index contributed by atoms with van der Waals surface area (Å²) in [5.41, 5.74) is -1.02. The van der Waals surface area contributed by atoms with Crippen molar-refractivity contribution in [2.75, 3.05) is 18.5 Å². The van der Waals surface area contributed by atoms with E-state index in [0.717, 1.165) is 37.9 Å². The van der Waals surface area contributed by atoms with E-state index in [-0.39, 0.29) is 39.8 Å². The van der Waals surface area contributed by atoms with Gasteiger partial charge in [-0.1, -0.05) is 0 Å². The number of pyridine rings is 1. The number of carbonyl (C=O) groups excluding carboxylic acids is 2. The maximum Gasteiger partial charge on any atom is 0.405 e. The molecule has 0 aromatic carbocycles. The molecule has 8 nitrogen and oxygen atoms in total. The first-order valence-electron chi connectivity index (χ1n) is 11.3. The minimum atomic E-state index is -4.58. The molecule has 2 amide bonds. The van der Waals surface area contributed by atoms with Gasteiger partial charge in [-0.15, -0.1) is 11.3 Å². The van der Waals surface area contributed by atoms with Crippen LogP contribution in [-0.4, -0.2) is 69.2 Å². The number of anilines is 1. The highest BCUT2D eigenvalue weighted by Crippen LogP contribution is 2.42. The lowest BCUT2D eigenvalue weighted by Gasteiger charge is -2.22. The lowest BCUT2D eigenvalue weighted by molar-refractivity contribution is -0.115. The Hall–Kier alpha value is -2.87. The van der Waals surface area contributed by atoms with Gasteiger partial charge in [0.15, 0.2) is 5.01 Å². The molecule has 0 saturated carbocycles. The zero-order chi connectivity index (χ0) is 26.2. The molecule has 3 N–H and O–H groups in total. The summed E-state index contributed by atoms with van der Waals surface area (Å²) in [5, 5.41) is 13.5. The van der Waals surface area contributed by atoms with Gasteiger partial charge in [-0.2, -0.15) is 13.2 Å². The van der Waals surface area contributed by atoms with E-state index >= 15 is 0 Å². The average Bonchev–Trinajstić information content (AvgIpc) is 3.56. The van der Waals surface area contributed by atoms with Crippen LogP contribution in [0.2, 0.25) is 0 Å². The molecule has 2 bridgehead atoms. The van der Waals surface area contributed by atoms with E-state index in [2.05, 4.69) is 15.3 Å². The number of alkyl halides is 5. The number of amides is 2. The molecule has 0 aliphatic carbocycles. The Kier molecular flexibility index (Phi) is 7.46. The molecule has 2 aromatic rings. The van der Waals surface area contributed by atoms with Gasteiger partial charge in [-0.3, -0.25) is 9.59 Å². The Bertz CT molecular complexity index is 1120. The predicted molar refractivity (Wildman–Crippen MR) is 121 cm³/mol. The number of halogens is 5. The van der Waals surface area contributed by atoms with Crippen molar-refractivity contribution in [3.8, 4) is 10.4 Å². The largest absolute Gasteiger partial charge is 0.405 e. The molecule has 36 heavy (non-hydrogen) atoms. The standard InChI is InChI=1S/C22H24F5N5O3S/c1-10(8-33)30-19(34)20-31-16(21(35)32-11-2-3-12(32)5-4-11)17(36-20)14-7-28-15(6-13(14)18(23)24)29-9-22(25,26)27/h6-7,10-12,18,33H,2-5,8-9H2,1H3,(H,28,29)(H,30,34). The summed E-state index contributed by atoms with van der Waals surface area (Å²) in [6.45, 7) is -0.262. The molecule has 4 rings (SSSR count). The molecule has 14 heteroatoms. The number of fused-ring (bicyclic) bond motifs is 2. The van der Waals surface area contributed by atoms with Crippen molar-refractivity contribution in [2.45, 2.75) is 63.3 Å². The molecule has 2 fully saturated rings. The topological polar surface area (TPSA) is 107 Å². The second-order valence-corrected chi connectivity index (χ2v) is 9.85. The van der Waals surface area contributed by atoms with Crippen LogP contribution in [0.1, 0.15) is 64.9 Å². The summed E-state index contributed by atoms with van der Waals surface area (Å²) in [7, 11) is 0. The normalized spacial score (nSPS) is 20.2. The van der Waals surface area contributed by atoms with Crippen molar-refractivity contribution in [3.05, 3.63) is 28.5 Å². The Morgan fingerprint density at radius 3 is 2.42 bits per heavy atom. The van der Waals surface area contributed by atoms with Gasteiger partial charge < -0.3 is 20.6 Å². The van der Waals surface area contributed by atoms with Gasteiger partial charge in [0.2, 0.25) is 0 Å². The number of carbonyl (C=O) groups is 2. The Morgan fingerprint density at radius 1 is 1.22 bits per heavy atom. The number of aromatic nitrogens is 2. The second-order valence-electron chi connectivity index (χ2n) is 8.85. The fraction of sp³-hybridized carbons (Fsp3) is 0.545. The highest BCUT2D eigenvalue weighted by molar-refractivity contribution is 7.17. The molecule has 196 valence electrons. The summed E-state index contributed by atoms with van der Waals surface area (Å²) in [4.78, 5) is 35.9. The number of aliphatic hydroxyl groups excluding tert-OH is 1. The van der Waals surface area contributed by atoms with E-state index < -0.39 is 48.4 Å². The van der Waals surface area contributed by atoms with E-state index in [1.165, 1.54) is 0 Å². The van der Waals surface area contributed by atoms with E-state index in [0.29, 0.717) is 11.3 Å². The highest BCUT2D eigenvalue weighted by atomic mass is 32.1. The number of hydrogen-bond donors (Lipinski definition) is 3. The number of rotatable bonds is 8. The third-order valence-corrected chi connectivity index (χ3v) is 7.34. The molecule has 1 atom stereocenters. The monoisotopic (exact) mass is 533 g/mol. The average molecular weight is 534 g/mol. The Labute approximate surface area is 206 Å². The van der Waals surface area contributed by atoms with E-state index in [4.69, 9.17) is 0 Å². The number of hydrogen-bond acceptors (Lipinski definition) is 7. The number of nitrogens with zero attached hydrogens (tertiary/aromatic N) is 3. The van der Waals surface area contributed by atoms with Crippen molar-refractivity contribution in [3.63, 3.8) is 0 Å². The number of aliphatic hydroxyl groups is 1. The summed E-state index contributed by atoms with van der Waals surface area (Å²) in [6, 6.07) is 0.193. The van der Waals surface area contributed by atoms with Crippen LogP contribution in [0.5, 0.6) is 0 Å². The van der Waals surface area contributed by atoms with Gasteiger partial charge in [-0.05, 0) is 38.7 Å². The van der Waals surface area contributed by atoms with Gasteiger partial charge in [0.1, 0.15) is 18.1 Å². The lowest BCUT2D eigenvalue weighted by Crippen LogP contribution is -2.36. The molecular formula is C22H24F5N5O3S. The van der Waals surface area contributed by atoms with Crippen LogP contribution in [0.25, 0.3) is 10.4 Å².